The molecular formula is C57H55N13O4. The molecular weight excluding hydrogens is 931 g/mol. The van der Waals surface area contributed by atoms with Gasteiger partial charge in [0.05, 0.1) is 48.8 Å². The number of fused-ring (bicyclic) bond motifs is 2. The molecule has 17 heteroatoms. The van der Waals surface area contributed by atoms with Gasteiger partial charge in [-0.25, -0.2) is 15.0 Å². The molecule has 0 radical (unpaired) electrons. The van der Waals surface area contributed by atoms with Crippen LogP contribution in [0.2, 0.25) is 0 Å². The monoisotopic (exact) mass is 985 g/mol. The quantitative estimate of drug-likeness (QED) is 0.107. The van der Waals surface area contributed by atoms with E-state index < -0.39 is 0 Å². The topological polar surface area (TPSA) is 191 Å². The summed E-state index contributed by atoms with van der Waals surface area (Å²) in [6, 6.07) is 33.9. The minimum Gasteiger partial charge on any atom is -0.378 e. The van der Waals surface area contributed by atoms with Crippen molar-refractivity contribution < 1.29 is 19.1 Å². The summed E-state index contributed by atoms with van der Waals surface area (Å²) in [4.78, 5) is 59.5. The highest BCUT2D eigenvalue weighted by molar-refractivity contribution is 5.94. The third-order valence-electron chi connectivity index (χ3n) is 13.4. The predicted octanol–water partition coefficient (Wildman–Crippen LogP) is 7.83. The van der Waals surface area contributed by atoms with Crippen LogP contribution in [0.4, 0.5) is 11.6 Å². The van der Waals surface area contributed by atoms with Crippen LogP contribution in [0.15, 0.2) is 140 Å². The van der Waals surface area contributed by atoms with Crippen molar-refractivity contribution in [2.24, 2.45) is 14.1 Å². The first-order chi connectivity index (χ1) is 36.3. The van der Waals surface area contributed by atoms with Crippen molar-refractivity contribution in [3.8, 4) is 45.2 Å². The van der Waals surface area contributed by atoms with Gasteiger partial charge in [0.1, 0.15) is 28.7 Å². The largest absolute Gasteiger partial charge is 0.378 e. The smallest absolute Gasteiger partial charge is 0.156 e. The Morgan fingerprint density at radius 3 is 1.59 bits per heavy atom. The molecule has 372 valence electrons. The molecule has 17 nitrogen and oxygen atoms in total. The molecule has 0 spiro atoms. The minimum atomic E-state index is 0.137. The molecule has 74 heavy (non-hydrogen) atoms. The lowest BCUT2D eigenvalue weighted by atomic mass is 10.0. The lowest BCUT2D eigenvalue weighted by Crippen LogP contribution is -2.36. The van der Waals surface area contributed by atoms with Crippen LogP contribution in [0, 0.1) is 0 Å². The minimum absolute atomic E-state index is 0.137. The first kappa shape index (κ1) is 47.6. The maximum absolute atomic E-state index is 12.9. The number of imidazole rings is 1. The van der Waals surface area contributed by atoms with Gasteiger partial charge in [-0.3, -0.25) is 28.9 Å². The van der Waals surface area contributed by atoms with Gasteiger partial charge < -0.3 is 29.2 Å². The average molecular weight is 986 g/mol. The third-order valence-corrected chi connectivity index (χ3v) is 13.4. The number of nitrogens with zero attached hydrogens (tertiary/aromatic N) is 11. The van der Waals surface area contributed by atoms with E-state index in [2.05, 4.69) is 68.1 Å². The van der Waals surface area contributed by atoms with E-state index in [1.54, 1.807) is 34.2 Å². The number of aryl methyl sites for hydroxylation is 2. The molecule has 2 aliphatic heterocycles. The molecule has 2 aromatic carbocycles. The van der Waals surface area contributed by atoms with Crippen LogP contribution in [-0.2, 0) is 58.8 Å². The average Bonchev–Trinajstić information content (AvgIpc) is 4.25. The van der Waals surface area contributed by atoms with E-state index >= 15 is 0 Å². The summed E-state index contributed by atoms with van der Waals surface area (Å²) in [5.41, 5.74) is 13.2. The molecule has 10 heterocycles. The number of nitrogens with one attached hydrogen (secondary N) is 2. The second kappa shape index (κ2) is 21.6. The molecule has 0 unspecified atom stereocenters. The Kier molecular flexibility index (Phi) is 13.9. The number of morpholine rings is 2. The summed E-state index contributed by atoms with van der Waals surface area (Å²) >= 11 is 0. The Balaban J connectivity index is 0.000000159. The SMILES string of the molecule is Cn1nc(-c2cccnc2)cc1CC(=O)Cc1ccc(-c2cc3c(N4CCOCC4)nccc3[nH]2)cc1.Cn1nc(-c2cccnc2)cc1CC(=O)Cc1ccc(-c2nc3c(N4CCOCC4)nccc3[nH]2)cc1. The van der Waals surface area contributed by atoms with Gasteiger partial charge in [-0.2, -0.15) is 10.2 Å². The lowest BCUT2D eigenvalue weighted by Gasteiger charge is -2.28. The second-order valence-electron chi connectivity index (χ2n) is 18.5. The number of benzene rings is 2. The van der Waals surface area contributed by atoms with E-state index in [4.69, 9.17) is 14.5 Å². The van der Waals surface area contributed by atoms with Crippen molar-refractivity contribution >= 4 is 45.1 Å². The van der Waals surface area contributed by atoms with E-state index in [1.807, 2.05) is 111 Å². The molecule has 0 aliphatic carbocycles. The van der Waals surface area contributed by atoms with Gasteiger partial charge in [-0.05, 0) is 71.3 Å². The van der Waals surface area contributed by atoms with E-state index in [1.165, 1.54) is 0 Å². The Hall–Kier alpha value is -8.67. The van der Waals surface area contributed by atoms with Crippen LogP contribution >= 0.6 is 0 Å². The molecule has 0 atom stereocenters. The molecule has 0 amide bonds. The van der Waals surface area contributed by atoms with Gasteiger partial charge in [-0.1, -0.05) is 48.5 Å². The van der Waals surface area contributed by atoms with Crippen LogP contribution in [0.1, 0.15) is 22.5 Å². The molecule has 2 saturated heterocycles. The maximum atomic E-state index is 12.9. The highest BCUT2D eigenvalue weighted by Crippen LogP contribution is 2.31. The van der Waals surface area contributed by atoms with Gasteiger partial charge in [-0.15, -0.1) is 0 Å². The first-order valence-corrected chi connectivity index (χ1v) is 24.8. The van der Waals surface area contributed by atoms with E-state index in [-0.39, 0.29) is 11.6 Å². The number of ether oxygens (including phenoxy) is 2. The number of aromatic nitrogens is 11. The molecule has 2 aliphatic rings. The fourth-order valence-electron chi connectivity index (χ4n) is 9.51. The maximum Gasteiger partial charge on any atom is 0.156 e. The summed E-state index contributed by atoms with van der Waals surface area (Å²) in [5, 5.41) is 10.2. The number of H-pyrrole nitrogens is 2. The molecule has 8 aromatic heterocycles. The van der Waals surface area contributed by atoms with Gasteiger partial charge in [0.25, 0.3) is 0 Å². The van der Waals surface area contributed by atoms with Crippen molar-refractivity contribution in [1.29, 1.82) is 0 Å². The lowest BCUT2D eigenvalue weighted by molar-refractivity contribution is -0.118. The van der Waals surface area contributed by atoms with E-state index in [0.29, 0.717) is 38.9 Å². The summed E-state index contributed by atoms with van der Waals surface area (Å²) < 4.78 is 14.5. The van der Waals surface area contributed by atoms with Crippen molar-refractivity contribution in [3.63, 3.8) is 0 Å². The Bertz CT molecular complexity index is 3300. The van der Waals surface area contributed by atoms with Gasteiger partial charge in [0.15, 0.2) is 5.82 Å². The zero-order chi connectivity index (χ0) is 50.4. The first-order valence-electron chi connectivity index (χ1n) is 24.8. The number of ketones is 2. The highest BCUT2D eigenvalue weighted by Gasteiger charge is 2.20. The molecule has 2 N–H and O–H groups in total. The van der Waals surface area contributed by atoms with E-state index in [0.717, 1.165) is 141 Å². The fraction of sp³-hybridized carbons (Fsp3) is 0.246. The Morgan fingerprint density at radius 1 is 0.541 bits per heavy atom. The number of rotatable bonds is 14. The Labute approximate surface area is 427 Å². The molecule has 0 bridgehead atoms. The third kappa shape index (κ3) is 10.7. The van der Waals surface area contributed by atoms with Crippen molar-refractivity contribution in [2.75, 3.05) is 62.4 Å². The van der Waals surface area contributed by atoms with Gasteiger partial charge >= 0.3 is 0 Å². The summed E-state index contributed by atoms with van der Waals surface area (Å²) in [5.74, 6) is 2.95. The van der Waals surface area contributed by atoms with Crippen LogP contribution in [-0.4, -0.2) is 119 Å². The zero-order valence-corrected chi connectivity index (χ0v) is 41.3. The number of pyridine rings is 4. The van der Waals surface area contributed by atoms with Crippen LogP contribution < -0.4 is 9.80 Å². The number of anilines is 2. The van der Waals surface area contributed by atoms with Crippen molar-refractivity contribution in [1.82, 2.24) is 54.4 Å². The zero-order valence-electron chi connectivity index (χ0n) is 41.3. The number of hydrogen-bond acceptors (Lipinski definition) is 13. The highest BCUT2D eigenvalue weighted by atomic mass is 16.5. The Morgan fingerprint density at radius 2 is 1.05 bits per heavy atom. The van der Waals surface area contributed by atoms with Crippen LogP contribution in [0.3, 0.4) is 0 Å². The molecule has 2 fully saturated rings. The number of carbonyl (C=O) groups excluding carboxylic acids is 2. The molecule has 0 saturated carbocycles. The number of hydrogen-bond donors (Lipinski definition) is 2. The predicted molar refractivity (Wildman–Crippen MR) is 285 cm³/mol. The number of Topliss-reactive ketones (excluding diaryl/α,β-unsaturated/α-hetero) is 2. The van der Waals surface area contributed by atoms with Crippen molar-refractivity contribution in [2.45, 2.75) is 25.7 Å². The van der Waals surface area contributed by atoms with E-state index in [9.17, 15) is 9.59 Å². The number of aromatic amines is 2. The molecule has 12 rings (SSSR count). The van der Waals surface area contributed by atoms with Crippen molar-refractivity contribution in [3.05, 3.63) is 163 Å². The van der Waals surface area contributed by atoms with Crippen LogP contribution in [0.25, 0.3) is 67.1 Å². The normalized spacial score (nSPS) is 13.8. The van der Waals surface area contributed by atoms with Crippen LogP contribution in [0.5, 0.6) is 0 Å². The summed E-state index contributed by atoms with van der Waals surface area (Å²) in [6.45, 7) is 6.15. The fourth-order valence-corrected chi connectivity index (χ4v) is 9.51. The molecule has 10 aromatic rings. The van der Waals surface area contributed by atoms with Gasteiger partial charge in [0, 0.05) is 142 Å². The summed E-state index contributed by atoms with van der Waals surface area (Å²) in [6.07, 6.45) is 12.1. The second-order valence-corrected chi connectivity index (χ2v) is 18.5. The standard InChI is InChI=1S/C29H28N6O2.C28H27N7O2/c1-34-23(17-28(33-34)22-3-2-9-30-19-22)16-24(36)15-20-4-6-21(7-5-20)27-18-25-26(32-27)8-10-31-29(25)35-11-13-37-14-12-35;1-34-22(17-25(33-34)21-3-2-9-29-18-21)16-23(36)15-19-4-6-20(7-5-19)27-31-24-8-10-30-28(26(24)32-27)35-11-13-37-14-12-35/h2-10,17-19,32H,11-16H2,1H3;2-10,17-18H,11-16H2,1H3,(H,31,32). The number of carbonyl (C=O) groups is 2. The van der Waals surface area contributed by atoms with Gasteiger partial charge in [0.2, 0.25) is 0 Å². The summed E-state index contributed by atoms with van der Waals surface area (Å²) in [7, 11) is 3.74.